The van der Waals surface area contributed by atoms with Gasteiger partial charge in [-0.3, -0.25) is 9.59 Å². The monoisotopic (exact) mass is 342 g/mol. The molecule has 1 N–H and O–H groups in total. The van der Waals surface area contributed by atoms with Crippen molar-refractivity contribution in [3.63, 3.8) is 0 Å². The van der Waals surface area contributed by atoms with E-state index in [1.807, 2.05) is 0 Å². The number of hydrogen-bond donors (Lipinski definition) is 1. The zero-order valence-electron chi connectivity index (χ0n) is 11.2. The van der Waals surface area contributed by atoms with E-state index in [4.69, 9.17) is 9.84 Å². The van der Waals surface area contributed by atoms with Crippen LogP contribution < -0.4 is 0 Å². The van der Waals surface area contributed by atoms with Crippen molar-refractivity contribution in [2.75, 3.05) is 6.61 Å². The van der Waals surface area contributed by atoms with Crippen LogP contribution in [0.15, 0.2) is 18.2 Å². The molecule has 1 unspecified atom stereocenters. The highest BCUT2D eigenvalue weighted by Gasteiger charge is 2.24. The molecule has 0 spiro atoms. The lowest BCUT2D eigenvalue weighted by molar-refractivity contribution is -0.136. The number of ether oxygens (including phenoxy) is 1. The van der Waals surface area contributed by atoms with Crippen molar-refractivity contribution in [1.29, 1.82) is 0 Å². The first-order valence-electron chi connectivity index (χ1n) is 6.07. The van der Waals surface area contributed by atoms with E-state index in [1.54, 1.807) is 19.9 Å². The first-order chi connectivity index (χ1) is 9.38. The van der Waals surface area contributed by atoms with Crippen LogP contribution in [0.1, 0.15) is 40.1 Å². The van der Waals surface area contributed by atoms with Crippen LogP contribution in [0.2, 0.25) is 0 Å². The predicted molar refractivity (Wildman–Crippen MR) is 76.5 cm³/mol. The fraction of sp³-hybridized carbons (Fsp3) is 0.357. The molecule has 0 aromatic heterocycles. The normalized spacial score (nSPS) is 11.8. The summed E-state index contributed by atoms with van der Waals surface area (Å²) in [6.45, 7) is 3.44. The molecule has 0 radical (unpaired) electrons. The highest BCUT2D eigenvalue weighted by atomic mass is 79.9. The van der Waals surface area contributed by atoms with Gasteiger partial charge in [0.05, 0.1) is 23.4 Å². The summed E-state index contributed by atoms with van der Waals surface area (Å²) < 4.78 is 4.92. The summed E-state index contributed by atoms with van der Waals surface area (Å²) in [4.78, 5) is 34.5. The Labute approximate surface area is 125 Å². The van der Waals surface area contributed by atoms with Crippen LogP contribution in [0.3, 0.4) is 0 Å². The number of rotatable bonds is 6. The predicted octanol–water partition coefficient (Wildman–Crippen LogP) is 2.46. The molecular formula is C14H15BrO5. The second kappa shape index (κ2) is 7.19. The van der Waals surface area contributed by atoms with Gasteiger partial charge in [-0.2, -0.15) is 0 Å². The molecule has 0 amide bonds. The van der Waals surface area contributed by atoms with Gasteiger partial charge in [0.1, 0.15) is 0 Å². The minimum Gasteiger partial charge on any atom is -0.481 e. The van der Waals surface area contributed by atoms with Crippen LogP contribution in [-0.2, 0) is 16.0 Å². The van der Waals surface area contributed by atoms with Gasteiger partial charge < -0.3 is 9.84 Å². The number of alkyl halides is 1. The Balaban J connectivity index is 3.39. The highest BCUT2D eigenvalue weighted by Crippen LogP contribution is 2.21. The average molecular weight is 343 g/mol. The van der Waals surface area contributed by atoms with Crippen molar-refractivity contribution in [3.8, 4) is 0 Å². The summed E-state index contributed by atoms with van der Waals surface area (Å²) in [6.07, 6.45) is -0.341. The molecule has 1 aromatic rings. The molecule has 0 fully saturated rings. The quantitative estimate of drug-likeness (QED) is 0.488. The number of aliphatic carboxylic acids is 1. The van der Waals surface area contributed by atoms with E-state index in [-0.39, 0.29) is 35.5 Å². The summed E-state index contributed by atoms with van der Waals surface area (Å²) in [7, 11) is 0. The van der Waals surface area contributed by atoms with Gasteiger partial charge in [0.15, 0.2) is 5.78 Å². The van der Waals surface area contributed by atoms with E-state index in [9.17, 15) is 14.4 Å². The molecule has 0 aliphatic heterocycles. The van der Waals surface area contributed by atoms with Crippen molar-refractivity contribution < 1.29 is 24.2 Å². The minimum atomic E-state index is -1.08. The minimum absolute atomic E-state index is 0.0352. The Bertz CT molecular complexity index is 536. The third-order valence-corrected chi connectivity index (χ3v) is 3.01. The van der Waals surface area contributed by atoms with Crippen molar-refractivity contribution in [2.45, 2.75) is 25.1 Å². The van der Waals surface area contributed by atoms with Crippen molar-refractivity contribution in [3.05, 3.63) is 34.9 Å². The lowest BCUT2D eigenvalue weighted by Crippen LogP contribution is -2.19. The number of hydrogen-bond acceptors (Lipinski definition) is 4. The van der Waals surface area contributed by atoms with E-state index in [2.05, 4.69) is 15.9 Å². The zero-order valence-corrected chi connectivity index (χ0v) is 12.8. The molecule has 0 aliphatic carbocycles. The summed E-state index contributed by atoms with van der Waals surface area (Å²) >= 11 is 3.16. The van der Waals surface area contributed by atoms with Gasteiger partial charge >= 0.3 is 11.9 Å². The van der Waals surface area contributed by atoms with E-state index in [1.165, 1.54) is 12.1 Å². The molecule has 0 bridgehead atoms. The average Bonchev–Trinajstić information content (AvgIpc) is 2.36. The first kappa shape index (κ1) is 16.4. The summed E-state index contributed by atoms with van der Waals surface area (Å²) in [5.74, 6) is -2.05. The fourth-order valence-electron chi connectivity index (χ4n) is 1.77. The molecule has 1 rings (SSSR count). The van der Waals surface area contributed by atoms with Gasteiger partial charge in [-0.25, -0.2) is 4.79 Å². The molecular weight excluding hydrogens is 328 g/mol. The van der Waals surface area contributed by atoms with E-state index < -0.39 is 16.8 Å². The summed E-state index contributed by atoms with van der Waals surface area (Å²) in [6, 6.07) is 4.57. The third kappa shape index (κ3) is 3.90. The van der Waals surface area contributed by atoms with Gasteiger partial charge in [-0.1, -0.05) is 34.1 Å². The maximum atomic E-state index is 12.1. The van der Waals surface area contributed by atoms with E-state index in [0.29, 0.717) is 0 Å². The third-order valence-electron chi connectivity index (χ3n) is 2.60. The number of Topliss-reactive ketones (excluding diaryl/α,β-unsaturated/α-hetero) is 1. The second-order valence-corrected chi connectivity index (χ2v) is 5.48. The van der Waals surface area contributed by atoms with Gasteiger partial charge in [0, 0.05) is 5.56 Å². The number of carboxylic acids is 1. The highest BCUT2D eigenvalue weighted by molar-refractivity contribution is 9.10. The number of halogens is 1. The zero-order chi connectivity index (χ0) is 15.3. The fourth-order valence-corrected chi connectivity index (χ4v) is 2.02. The maximum Gasteiger partial charge on any atom is 0.339 e. The molecule has 108 valence electrons. The van der Waals surface area contributed by atoms with E-state index >= 15 is 0 Å². The molecule has 0 heterocycles. The van der Waals surface area contributed by atoms with Gasteiger partial charge in [-0.05, 0) is 19.4 Å². The summed E-state index contributed by atoms with van der Waals surface area (Å²) in [5.41, 5.74) is 0.481. The number of ketones is 1. The van der Waals surface area contributed by atoms with Crippen molar-refractivity contribution in [1.82, 2.24) is 0 Å². The maximum absolute atomic E-state index is 12.1. The van der Waals surface area contributed by atoms with Crippen LogP contribution in [0.5, 0.6) is 0 Å². The molecule has 5 nitrogen and oxygen atoms in total. The Kier molecular flexibility index (Phi) is 5.88. The van der Waals surface area contributed by atoms with Gasteiger partial charge in [0.2, 0.25) is 0 Å². The van der Waals surface area contributed by atoms with E-state index in [0.717, 1.165) is 0 Å². The lowest BCUT2D eigenvalue weighted by atomic mass is 9.95. The van der Waals surface area contributed by atoms with Crippen LogP contribution >= 0.6 is 15.9 Å². The topological polar surface area (TPSA) is 80.7 Å². The van der Waals surface area contributed by atoms with Crippen molar-refractivity contribution in [2.24, 2.45) is 0 Å². The number of carboxylic acid groups (broad SMARTS) is 1. The molecule has 0 saturated carbocycles. The molecule has 1 aromatic carbocycles. The largest absolute Gasteiger partial charge is 0.481 e. The van der Waals surface area contributed by atoms with Gasteiger partial charge in [0.25, 0.3) is 0 Å². The molecule has 0 saturated heterocycles. The molecule has 6 heteroatoms. The number of benzene rings is 1. The Hall–Kier alpha value is -1.69. The SMILES string of the molecule is CCOC(=O)c1c(CC(=O)O)cccc1C(=O)C(C)Br. The Morgan fingerprint density at radius 2 is 2.00 bits per heavy atom. The number of esters is 1. The molecule has 20 heavy (non-hydrogen) atoms. The van der Waals surface area contributed by atoms with Crippen LogP contribution in [-0.4, -0.2) is 34.3 Å². The van der Waals surface area contributed by atoms with Crippen molar-refractivity contribution >= 4 is 33.7 Å². The standard InChI is InChI=1S/C14H15BrO5/c1-3-20-14(19)12-9(7-11(16)17)5-4-6-10(12)13(18)8(2)15/h4-6,8H,3,7H2,1-2H3,(H,16,17). The summed E-state index contributed by atoms with van der Waals surface area (Å²) in [5, 5.41) is 8.90. The number of carbonyl (C=O) groups excluding carboxylic acids is 2. The van der Waals surface area contributed by atoms with Crippen LogP contribution in [0, 0.1) is 0 Å². The lowest BCUT2D eigenvalue weighted by Gasteiger charge is -2.13. The molecule has 1 atom stereocenters. The molecule has 0 aliphatic rings. The van der Waals surface area contributed by atoms with Crippen LogP contribution in [0.25, 0.3) is 0 Å². The Morgan fingerprint density at radius 1 is 1.35 bits per heavy atom. The Morgan fingerprint density at radius 3 is 2.50 bits per heavy atom. The van der Waals surface area contributed by atoms with Crippen LogP contribution in [0.4, 0.5) is 0 Å². The first-order valence-corrected chi connectivity index (χ1v) is 6.99. The second-order valence-electron chi connectivity index (χ2n) is 4.11. The number of carbonyl (C=O) groups is 3. The smallest absolute Gasteiger partial charge is 0.339 e. The van der Waals surface area contributed by atoms with Gasteiger partial charge in [-0.15, -0.1) is 0 Å².